The van der Waals surface area contributed by atoms with E-state index >= 15 is 0 Å². The summed E-state index contributed by atoms with van der Waals surface area (Å²) >= 11 is 8.84. The van der Waals surface area contributed by atoms with Gasteiger partial charge in [0.15, 0.2) is 0 Å². The largest absolute Gasteiger partial charge is 0.328 e. The number of anilines is 1. The van der Waals surface area contributed by atoms with Crippen molar-refractivity contribution in [1.82, 2.24) is 18.8 Å². The molecule has 3 aromatic rings. The van der Waals surface area contributed by atoms with Crippen LogP contribution in [0.2, 0.25) is 4.34 Å². The van der Waals surface area contributed by atoms with Gasteiger partial charge in [0.1, 0.15) is 17.2 Å². The zero-order valence-corrected chi connectivity index (χ0v) is 16.2. The maximum absolute atomic E-state index is 12.9. The summed E-state index contributed by atoms with van der Waals surface area (Å²) in [6, 6.07) is 3.82. The van der Waals surface area contributed by atoms with Gasteiger partial charge in [-0.25, -0.2) is 4.98 Å². The van der Waals surface area contributed by atoms with Crippen molar-refractivity contribution in [3.8, 4) is 0 Å². The van der Waals surface area contributed by atoms with Gasteiger partial charge in [0.2, 0.25) is 11.9 Å². The monoisotopic (exact) mass is 407 g/mol. The molecule has 1 aliphatic heterocycles. The molecule has 0 bridgehead atoms. The first kappa shape index (κ1) is 16.2. The van der Waals surface area contributed by atoms with E-state index in [2.05, 4.69) is 19.2 Å². The first-order chi connectivity index (χ1) is 12.4. The summed E-state index contributed by atoms with van der Waals surface area (Å²) in [5, 5.41) is 3.44. The second-order valence-electron chi connectivity index (χ2n) is 6.74. The molecular weight excluding hydrogens is 394 g/mol. The summed E-state index contributed by atoms with van der Waals surface area (Å²) in [6.45, 7) is 2.36. The predicted molar refractivity (Wildman–Crippen MR) is 101 cm³/mol. The van der Waals surface area contributed by atoms with E-state index in [0.717, 1.165) is 32.4 Å². The van der Waals surface area contributed by atoms with E-state index in [1.165, 1.54) is 22.9 Å². The maximum Gasteiger partial charge on any atom is 0.271 e. The number of nitrogens with zero attached hydrogens (tertiary/aromatic N) is 4. The standard InChI is InChI=1S/C16H14ClN5O2S2/c1-8-18-15(20-26-8)19-13(23)6-21-7-16(2-3-16)22-9-5-12(17)25-11(9)4-10(22)14(21)24/h4-5H,2-3,6-7H2,1H3,(H,19,20,23). The molecule has 1 spiro atoms. The van der Waals surface area contributed by atoms with Crippen LogP contribution in [0.5, 0.6) is 0 Å². The Balaban J connectivity index is 1.42. The number of thiophene rings is 1. The molecule has 0 aromatic carbocycles. The lowest BCUT2D eigenvalue weighted by molar-refractivity contribution is -0.117. The highest BCUT2D eigenvalue weighted by molar-refractivity contribution is 7.22. The number of fused-ring (bicyclic) bond motifs is 4. The molecule has 1 aliphatic carbocycles. The first-order valence-corrected chi connectivity index (χ1v) is 10.1. The minimum atomic E-state index is -0.281. The molecule has 1 saturated carbocycles. The third-order valence-corrected chi connectivity index (χ3v) is 6.69. The van der Waals surface area contributed by atoms with Gasteiger partial charge in [-0.05, 0) is 43.4 Å². The van der Waals surface area contributed by atoms with Gasteiger partial charge in [-0.2, -0.15) is 4.37 Å². The zero-order valence-electron chi connectivity index (χ0n) is 13.8. The molecule has 2 amide bonds. The summed E-state index contributed by atoms with van der Waals surface area (Å²) in [6.07, 6.45) is 1.99. The molecule has 10 heteroatoms. The van der Waals surface area contributed by atoms with Gasteiger partial charge < -0.3 is 9.47 Å². The van der Waals surface area contributed by atoms with E-state index in [1.54, 1.807) is 4.90 Å². The Hall–Kier alpha value is -1.97. The van der Waals surface area contributed by atoms with Crippen molar-refractivity contribution in [1.29, 1.82) is 0 Å². The third kappa shape index (κ3) is 2.45. The van der Waals surface area contributed by atoms with Gasteiger partial charge in [-0.15, -0.1) is 11.3 Å². The van der Waals surface area contributed by atoms with E-state index in [4.69, 9.17) is 11.6 Å². The van der Waals surface area contributed by atoms with Crippen molar-refractivity contribution < 1.29 is 9.59 Å². The quantitative estimate of drug-likeness (QED) is 0.723. The number of carbonyl (C=O) groups excluding carboxylic acids is 2. The fraction of sp³-hybridized carbons (Fsp3) is 0.375. The highest BCUT2D eigenvalue weighted by atomic mass is 35.5. The molecule has 0 unspecified atom stereocenters. The third-order valence-electron chi connectivity index (χ3n) is 4.87. The highest BCUT2D eigenvalue weighted by Crippen LogP contribution is 2.51. The van der Waals surface area contributed by atoms with Crippen LogP contribution in [0.3, 0.4) is 0 Å². The number of amides is 2. The molecule has 26 heavy (non-hydrogen) atoms. The molecule has 7 nitrogen and oxygen atoms in total. The molecule has 1 N–H and O–H groups in total. The van der Waals surface area contributed by atoms with Crippen molar-refractivity contribution >= 4 is 62.4 Å². The Morgan fingerprint density at radius 2 is 2.23 bits per heavy atom. The van der Waals surface area contributed by atoms with Gasteiger partial charge in [-0.1, -0.05) is 11.6 Å². The van der Waals surface area contributed by atoms with E-state index in [1.807, 2.05) is 19.1 Å². The minimum Gasteiger partial charge on any atom is -0.328 e. The van der Waals surface area contributed by atoms with Crippen molar-refractivity contribution in [3.05, 3.63) is 27.2 Å². The SMILES string of the molecule is Cc1nc(NC(=O)CN2CC3(CC3)n3c(cc4sc(Cl)cc43)C2=O)ns1. The van der Waals surface area contributed by atoms with E-state index in [9.17, 15) is 9.59 Å². The van der Waals surface area contributed by atoms with Crippen LogP contribution in [0.4, 0.5) is 5.95 Å². The molecule has 134 valence electrons. The summed E-state index contributed by atoms with van der Waals surface area (Å²) < 4.78 is 7.92. The van der Waals surface area contributed by atoms with Crippen LogP contribution in [0, 0.1) is 6.92 Å². The summed E-state index contributed by atoms with van der Waals surface area (Å²) in [5.74, 6) is -0.113. The number of carbonyl (C=O) groups is 2. The lowest BCUT2D eigenvalue weighted by atomic mass is 10.1. The Bertz CT molecular complexity index is 1060. The maximum atomic E-state index is 12.9. The molecule has 1 fully saturated rings. The van der Waals surface area contributed by atoms with Crippen LogP contribution in [0.1, 0.15) is 28.3 Å². The Labute approximate surface area is 161 Å². The Kier molecular flexibility index (Phi) is 3.44. The second-order valence-corrected chi connectivity index (χ2v) is 9.41. The lowest BCUT2D eigenvalue weighted by Gasteiger charge is -2.35. The Morgan fingerprint density at radius 3 is 2.92 bits per heavy atom. The summed E-state index contributed by atoms with van der Waals surface area (Å²) in [5.41, 5.74) is 1.56. The normalized spacial score (nSPS) is 17.8. The summed E-state index contributed by atoms with van der Waals surface area (Å²) in [4.78, 5) is 31.0. The Morgan fingerprint density at radius 1 is 1.42 bits per heavy atom. The number of hydrogen-bond acceptors (Lipinski definition) is 6. The number of halogens is 1. The van der Waals surface area contributed by atoms with E-state index < -0.39 is 0 Å². The molecule has 2 aliphatic rings. The van der Waals surface area contributed by atoms with Crippen LogP contribution >= 0.6 is 34.5 Å². The van der Waals surface area contributed by atoms with Crippen LogP contribution in [-0.4, -0.2) is 43.7 Å². The van der Waals surface area contributed by atoms with Crippen molar-refractivity contribution in [2.24, 2.45) is 0 Å². The van der Waals surface area contributed by atoms with Gasteiger partial charge in [0, 0.05) is 6.54 Å². The van der Waals surface area contributed by atoms with Crippen LogP contribution in [0.25, 0.3) is 10.2 Å². The predicted octanol–water partition coefficient (Wildman–Crippen LogP) is 3.10. The zero-order chi connectivity index (χ0) is 18.1. The lowest BCUT2D eigenvalue weighted by Crippen LogP contribution is -2.49. The second kappa shape index (κ2) is 5.51. The van der Waals surface area contributed by atoms with Crippen molar-refractivity contribution in [2.45, 2.75) is 25.3 Å². The molecule has 0 saturated heterocycles. The molecular formula is C16H14ClN5O2S2. The number of hydrogen-bond donors (Lipinski definition) is 1. The van der Waals surface area contributed by atoms with E-state index in [-0.39, 0.29) is 23.9 Å². The van der Waals surface area contributed by atoms with Crippen molar-refractivity contribution in [3.63, 3.8) is 0 Å². The molecule has 5 rings (SSSR count). The molecule has 3 aromatic heterocycles. The topological polar surface area (TPSA) is 80.1 Å². The van der Waals surface area contributed by atoms with Gasteiger partial charge in [-0.3, -0.25) is 14.9 Å². The van der Waals surface area contributed by atoms with Crippen LogP contribution < -0.4 is 5.32 Å². The number of aryl methyl sites for hydroxylation is 1. The van der Waals surface area contributed by atoms with Gasteiger partial charge in [0.05, 0.1) is 20.1 Å². The number of aromatic nitrogens is 3. The van der Waals surface area contributed by atoms with Crippen LogP contribution in [-0.2, 0) is 10.3 Å². The van der Waals surface area contributed by atoms with Crippen LogP contribution in [0.15, 0.2) is 12.1 Å². The minimum absolute atomic E-state index is 0.00156. The average Bonchev–Trinajstić information content (AvgIpc) is 2.86. The average molecular weight is 408 g/mol. The molecule has 0 atom stereocenters. The smallest absolute Gasteiger partial charge is 0.271 e. The van der Waals surface area contributed by atoms with Crippen molar-refractivity contribution in [2.75, 3.05) is 18.4 Å². The van der Waals surface area contributed by atoms with Gasteiger partial charge in [0.25, 0.3) is 5.91 Å². The molecule has 0 radical (unpaired) electrons. The van der Waals surface area contributed by atoms with E-state index in [0.29, 0.717) is 18.2 Å². The highest BCUT2D eigenvalue weighted by Gasteiger charge is 2.52. The fourth-order valence-electron chi connectivity index (χ4n) is 3.63. The summed E-state index contributed by atoms with van der Waals surface area (Å²) in [7, 11) is 0. The number of nitrogens with one attached hydrogen (secondary N) is 1. The van der Waals surface area contributed by atoms with Gasteiger partial charge >= 0.3 is 0 Å². The molecule has 4 heterocycles. The fourth-order valence-corrected chi connectivity index (χ4v) is 5.22. The first-order valence-electron chi connectivity index (χ1n) is 8.16. The number of rotatable bonds is 3.